The van der Waals surface area contributed by atoms with E-state index in [2.05, 4.69) is 20.9 Å². The quantitative estimate of drug-likeness (QED) is 0.877. The van der Waals surface area contributed by atoms with Gasteiger partial charge in [-0.2, -0.15) is 0 Å². The number of aromatic nitrogens is 1. The molecule has 1 aliphatic heterocycles. The summed E-state index contributed by atoms with van der Waals surface area (Å²) in [6, 6.07) is 5.69. The highest BCUT2D eigenvalue weighted by atomic mass is 79.9. The molecule has 88 valence electrons. The van der Waals surface area contributed by atoms with Crippen LogP contribution in [0.15, 0.2) is 33.6 Å². The van der Waals surface area contributed by atoms with Gasteiger partial charge in [0.1, 0.15) is 11.9 Å². The zero-order valence-electron chi connectivity index (χ0n) is 8.84. The summed E-state index contributed by atoms with van der Waals surface area (Å²) in [5, 5.41) is 12.1. The van der Waals surface area contributed by atoms with Crippen molar-refractivity contribution in [3.8, 4) is 5.75 Å². The van der Waals surface area contributed by atoms with Gasteiger partial charge in [-0.05, 0) is 18.2 Å². The van der Waals surface area contributed by atoms with E-state index < -0.39 is 6.10 Å². The van der Waals surface area contributed by atoms with Crippen molar-refractivity contribution in [3.63, 3.8) is 0 Å². The molecule has 2 heterocycles. The summed E-state index contributed by atoms with van der Waals surface area (Å²) in [4.78, 5) is 4.24. The molecule has 1 N–H and O–H groups in total. The van der Waals surface area contributed by atoms with E-state index in [0.29, 0.717) is 6.42 Å². The van der Waals surface area contributed by atoms with Gasteiger partial charge < -0.3 is 9.84 Å². The van der Waals surface area contributed by atoms with E-state index in [1.54, 1.807) is 5.51 Å². The van der Waals surface area contributed by atoms with Gasteiger partial charge in [0.15, 0.2) is 0 Å². The Morgan fingerprint density at radius 1 is 1.47 bits per heavy atom. The lowest BCUT2D eigenvalue weighted by atomic mass is 9.98. The molecule has 1 aliphatic rings. The maximum absolute atomic E-state index is 10.1. The number of rotatable bonds is 1. The van der Waals surface area contributed by atoms with E-state index >= 15 is 0 Å². The summed E-state index contributed by atoms with van der Waals surface area (Å²) in [7, 11) is 0. The topological polar surface area (TPSA) is 42.4 Å². The second-order valence-electron chi connectivity index (χ2n) is 3.95. The lowest BCUT2D eigenvalue weighted by molar-refractivity contribution is 0.0639. The number of aliphatic hydroxyl groups is 1. The van der Waals surface area contributed by atoms with Crippen molar-refractivity contribution in [2.75, 3.05) is 0 Å². The highest BCUT2D eigenvalue weighted by molar-refractivity contribution is 9.10. The molecular weight excluding hydrogens is 302 g/mol. The van der Waals surface area contributed by atoms with Crippen molar-refractivity contribution < 1.29 is 9.84 Å². The van der Waals surface area contributed by atoms with Crippen LogP contribution in [0.2, 0.25) is 0 Å². The van der Waals surface area contributed by atoms with Crippen LogP contribution in [0, 0.1) is 0 Å². The summed E-state index contributed by atoms with van der Waals surface area (Å²) in [5.41, 5.74) is 3.51. The number of benzene rings is 1. The fourth-order valence-electron chi connectivity index (χ4n) is 1.98. The van der Waals surface area contributed by atoms with Gasteiger partial charge in [-0.15, -0.1) is 11.3 Å². The van der Waals surface area contributed by atoms with Crippen LogP contribution in [0.3, 0.4) is 0 Å². The van der Waals surface area contributed by atoms with Crippen LogP contribution in [0.4, 0.5) is 0 Å². The average Bonchev–Trinajstić information content (AvgIpc) is 2.83. The van der Waals surface area contributed by atoms with E-state index in [1.807, 2.05) is 23.6 Å². The third-order valence-corrected chi connectivity index (χ3v) is 3.92. The van der Waals surface area contributed by atoms with Gasteiger partial charge in [-0.3, -0.25) is 0 Å². The van der Waals surface area contributed by atoms with Gasteiger partial charge in [-0.1, -0.05) is 15.9 Å². The summed E-state index contributed by atoms with van der Waals surface area (Å²) < 4.78 is 6.82. The van der Waals surface area contributed by atoms with Gasteiger partial charge in [0.05, 0.1) is 17.3 Å². The minimum Gasteiger partial charge on any atom is -0.484 e. The molecule has 2 atom stereocenters. The van der Waals surface area contributed by atoms with Crippen molar-refractivity contribution >= 4 is 27.3 Å². The number of hydrogen-bond donors (Lipinski definition) is 1. The summed E-state index contributed by atoms with van der Waals surface area (Å²) in [6.45, 7) is 0. The minimum absolute atomic E-state index is 0.148. The van der Waals surface area contributed by atoms with Crippen molar-refractivity contribution in [1.29, 1.82) is 0 Å². The maximum Gasteiger partial charge on any atom is 0.144 e. The van der Waals surface area contributed by atoms with E-state index in [-0.39, 0.29) is 6.10 Å². The first-order valence-electron chi connectivity index (χ1n) is 5.26. The molecular formula is C12H10BrNO2S. The van der Waals surface area contributed by atoms with E-state index in [1.165, 1.54) is 11.3 Å². The molecule has 3 nitrogen and oxygen atoms in total. The molecule has 2 aromatic rings. The summed E-state index contributed by atoms with van der Waals surface area (Å²) >= 11 is 4.93. The first kappa shape index (κ1) is 11.2. The molecule has 1 aromatic heterocycles. The molecule has 2 unspecified atom stereocenters. The Morgan fingerprint density at radius 2 is 2.35 bits per heavy atom. The fourth-order valence-corrected chi connectivity index (χ4v) is 2.95. The Morgan fingerprint density at radius 3 is 3.12 bits per heavy atom. The SMILES string of the molecule is OC1CC(c2cscn2)Oc2ccc(Br)cc21. The Kier molecular flexibility index (Phi) is 2.90. The Hall–Kier alpha value is -0.910. The number of ether oxygens (including phenoxy) is 1. The molecule has 0 amide bonds. The predicted octanol–water partition coefficient (Wildman–Crippen LogP) is 3.46. The van der Waals surface area contributed by atoms with Gasteiger partial charge in [0.25, 0.3) is 0 Å². The second kappa shape index (κ2) is 4.40. The third-order valence-electron chi connectivity index (χ3n) is 2.82. The molecule has 0 saturated heterocycles. The van der Waals surface area contributed by atoms with Crippen LogP contribution in [0.1, 0.15) is 29.9 Å². The number of halogens is 1. The second-order valence-corrected chi connectivity index (χ2v) is 5.59. The van der Waals surface area contributed by atoms with E-state index in [4.69, 9.17) is 4.74 Å². The van der Waals surface area contributed by atoms with Gasteiger partial charge in [0, 0.05) is 21.8 Å². The zero-order chi connectivity index (χ0) is 11.8. The standard InChI is InChI=1S/C12H10BrNO2S/c13-7-1-2-11-8(3-7)10(15)4-12(16-11)9-5-17-6-14-9/h1-3,5-6,10,12,15H,4H2. The van der Waals surface area contributed by atoms with Crippen LogP contribution in [-0.4, -0.2) is 10.1 Å². The lowest BCUT2D eigenvalue weighted by Gasteiger charge is -2.28. The number of aliphatic hydroxyl groups excluding tert-OH is 1. The molecule has 0 radical (unpaired) electrons. The number of nitrogens with zero attached hydrogens (tertiary/aromatic N) is 1. The monoisotopic (exact) mass is 311 g/mol. The normalized spacial score (nSPS) is 22.9. The van der Waals surface area contributed by atoms with Crippen LogP contribution >= 0.6 is 27.3 Å². The smallest absolute Gasteiger partial charge is 0.144 e. The number of thiazole rings is 1. The van der Waals surface area contributed by atoms with Crippen LogP contribution < -0.4 is 4.74 Å². The van der Waals surface area contributed by atoms with Crippen molar-refractivity contribution in [2.45, 2.75) is 18.6 Å². The van der Waals surface area contributed by atoms with E-state index in [9.17, 15) is 5.11 Å². The Balaban J connectivity index is 1.96. The average molecular weight is 312 g/mol. The summed E-state index contributed by atoms with van der Waals surface area (Å²) in [5.74, 6) is 0.741. The first-order valence-corrected chi connectivity index (χ1v) is 7.00. The number of fused-ring (bicyclic) bond motifs is 1. The molecule has 17 heavy (non-hydrogen) atoms. The molecule has 0 aliphatic carbocycles. The fraction of sp³-hybridized carbons (Fsp3) is 0.250. The zero-order valence-corrected chi connectivity index (χ0v) is 11.2. The molecule has 0 bridgehead atoms. The van der Waals surface area contributed by atoms with Crippen LogP contribution in [-0.2, 0) is 0 Å². The molecule has 0 saturated carbocycles. The Bertz CT molecular complexity index is 529. The van der Waals surface area contributed by atoms with Crippen LogP contribution in [0.5, 0.6) is 5.75 Å². The predicted molar refractivity (Wildman–Crippen MR) is 69.2 cm³/mol. The maximum atomic E-state index is 10.1. The molecule has 1 aromatic carbocycles. The highest BCUT2D eigenvalue weighted by Crippen LogP contribution is 2.41. The molecule has 0 spiro atoms. The van der Waals surface area contributed by atoms with E-state index in [0.717, 1.165) is 21.5 Å². The highest BCUT2D eigenvalue weighted by Gasteiger charge is 2.29. The van der Waals surface area contributed by atoms with Crippen molar-refractivity contribution in [3.05, 3.63) is 44.8 Å². The third kappa shape index (κ3) is 2.10. The van der Waals surface area contributed by atoms with Gasteiger partial charge >= 0.3 is 0 Å². The summed E-state index contributed by atoms with van der Waals surface area (Å²) in [6.07, 6.45) is -0.0967. The first-order chi connectivity index (χ1) is 8.24. The van der Waals surface area contributed by atoms with Gasteiger partial charge in [0.2, 0.25) is 0 Å². The Labute approximate surface area is 111 Å². The molecule has 5 heteroatoms. The van der Waals surface area contributed by atoms with Gasteiger partial charge in [-0.25, -0.2) is 4.98 Å². The lowest BCUT2D eigenvalue weighted by Crippen LogP contribution is -2.19. The number of hydrogen-bond acceptors (Lipinski definition) is 4. The minimum atomic E-state index is -0.497. The molecule has 3 rings (SSSR count). The van der Waals surface area contributed by atoms with Crippen molar-refractivity contribution in [1.82, 2.24) is 4.98 Å². The molecule has 0 fully saturated rings. The van der Waals surface area contributed by atoms with Crippen LogP contribution in [0.25, 0.3) is 0 Å². The largest absolute Gasteiger partial charge is 0.484 e. The van der Waals surface area contributed by atoms with Crippen molar-refractivity contribution in [2.24, 2.45) is 0 Å².